The maximum atomic E-state index is 12.0. The maximum absolute atomic E-state index is 12.0. The molecule has 0 fully saturated rings. The van der Waals surface area contributed by atoms with E-state index in [1.807, 2.05) is 30.3 Å². The molecule has 7 heteroatoms. The normalized spacial score (nSPS) is 11.2. The second kappa shape index (κ2) is 7.13. The van der Waals surface area contributed by atoms with E-state index in [1.165, 1.54) is 6.07 Å². The first-order valence-corrected chi connectivity index (χ1v) is 9.70. The first-order valence-electron chi connectivity index (χ1n) is 7.39. The van der Waals surface area contributed by atoms with E-state index in [9.17, 15) is 13.2 Å². The van der Waals surface area contributed by atoms with Crippen molar-refractivity contribution in [2.45, 2.75) is 11.5 Å². The van der Waals surface area contributed by atoms with Gasteiger partial charge in [-0.1, -0.05) is 54.6 Å². The molecule has 0 aliphatic carbocycles. The Kier molecular flexibility index (Phi) is 4.92. The molecule has 0 aromatic heterocycles. The van der Waals surface area contributed by atoms with Crippen LogP contribution in [0.5, 0.6) is 0 Å². The summed E-state index contributed by atoms with van der Waals surface area (Å²) in [5, 5.41) is 3.62. The third-order valence-electron chi connectivity index (χ3n) is 3.59. The molecule has 3 aromatic rings. The van der Waals surface area contributed by atoms with Crippen LogP contribution in [0.3, 0.4) is 0 Å². The highest BCUT2D eigenvalue weighted by Gasteiger charge is 2.16. The second-order valence-electron chi connectivity index (χ2n) is 5.28. The molecule has 0 bridgehead atoms. The zero-order chi connectivity index (χ0) is 17.9. The van der Waals surface area contributed by atoms with E-state index in [4.69, 9.17) is 15.4 Å². The van der Waals surface area contributed by atoms with Crippen molar-refractivity contribution in [2.24, 2.45) is 0 Å². The largest absolute Gasteiger partial charge is 0.444 e. The van der Waals surface area contributed by atoms with Crippen LogP contribution in [0.1, 0.15) is 5.56 Å². The number of hydrogen-bond acceptors (Lipinski definition) is 4. The predicted octanol–water partition coefficient (Wildman–Crippen LogP) is 4.52. The van der Waals surface area contributed by atoms with Crippen LogP contribution < -0.4 is 5.32 Å². The number of rotatable bonds is 4. The molecule has 0 radical (unpaired) electrons. The quantitative estimate of drug-likeness (QED) is 0.680. The fraction of sp³-hybridized carbons (Fsp3) is 0.0556. The van der Waals surface area contributed by atoms with Crippen molar-refractivity contribution >= 4 is 42.3 Å². The van der Waals surface area contributed by atoms with E-state index in [0.717, 1.165) is 5.56 Å². The van der Waals surface area contributed by atoms with Gasteiger partial charge >= 0.3 is 6.09 Å². The monoisotopic (exact) mass is 375 g/mol. The minimum atomic E-state index is -3.89. The molecular weight excluding hydrogens is 362 g/mol. The summed E-state index contributed by atoms with van der Waals surface area (Å²) in [6, 6.07) is 18.9. The number of fused-ring (bicyclic) bond motifs is 1. The van der Waals surface area contributed by atoms with Gasteiger partial charge in [-0.2, -0.15) is 0 Å². The van der Waals surface area contributed by atoms with Crippen molar-refractivity contribution in [3.8, 4) is 0 Å². The zero-order valence-corrected chi connectivity index (χ0v) is 14.5. The molecule has 3 rings (SSSR count). The van der Waals surface area contributed by atoms with E-state index >= 15 is 0 Å². The average Bonchev–Trinajstić information content (AvgIpc) is 2.60. The Morgan fingerprint density at radius 1 is 0.920 bits per heavy atom. The Morgan fingerprint density at radius 2 is 1.60 bits per heavy atom. The minimum absolute atomic E-state index is 0.00651. The lowest BCUT2D eigenvalue weighted by Gasteiger charge is -2.11. The SMILES string of the molecule is O=C(Nc1cccc2c(S(=O)(=O)Cl)cccc12)OCc1ccccc1. The molecule has 0 aliphatic heterocycles. The predicted molar refractivity (Wildman–Crippen MR) is 97.2 cm³/mol. The molecule has 1 N–H and O–H groups in total. The summed E-state index contributed by atoms with van der Waals surface area (Å²) in [6.07, 6.45) is -0.629. The molecule has 1 amide bonds. The van der Waals surface area contributed by atoms with Crippen molar-refractivity contribution < 1.29 is 17.9 Å². The highest BCUT2D eigenvalue weighted by Crippen LogP contribution is 2.30. The number of carbonyl (C=O) groups excluding carboxylic acids is 1. The lowest BCUT2D eigenvalue weighted by molar-refractivity contribution is 0.155. The maximum Gasteiger partial charge on any atom is 0.411 e. The third kappa shape index (κ3) is 4.10. The number of nitrogens with one attached hydrogen (secondary N) is 1. The highest BCUT2D eigenvalue weighted by atomic mass is 35.7. The minimum Gasteiger partial charge on any atom is -0.444 e. The lowest BCUT2D eigenvalue weighted by atomic mass is 10.1. The summed E-state index contributed by atoms with van der Waals surface area (Å²) in [7, 11) is 1.58. The topological polar surface area (TPSA) is 72.5 Å². The molecule has 5 nitrogen and oxygen atoms in total. The zero-order valence-electron chi connectivity index (χ0n) is 13.0. The summed E-state index contributed by atoms with van der Waals surface area (Å²) < 4.78 is 28.6. The van der Waals surface area contributed by atoms with Gasteiger partial charge in [-0.3, -0.25) is 5.32 Å². The van der Waals surface area contributed by atoms with Gasteiger partial charge in [0.25, 0.3) is 9.05 Å². The smallest absolute Gasteiger partial charge is 0.411 e. The molecular formula is C18H14ClNO4S. The summed E-state index contributed by atoms with van der Waals surface area (Å²) >= 11 is 0. The van der Waals surface area contributed by atoms with Crippen molar-refractivity contribution in [3.63, 3.8) is 0 Å². The molecule has 0 spiro atoms. The number of hydrogen-bond donors (Lipinski definition) is 1. The van der Waals surface area contributed by atoms with Crippen LogP contribution in [0.15, 0.2) is 71.6 Å². The number of carbonyl (C=O) groups is 1. The van der Waals surface area contributed by atoms with Gasteiger partial charge in [0.05, 0.1) is 10.6 Å². The Morgan fingerprint density at radius 3 is 2.32 bits per heavy atom. The Labute approximate surface area is 149 Å². The molecule has 0 unspecified atom stereocenters. The van der Waals surface area contributed by atoms with Gasteiger partial charge in [0.15, 0.2) is 0 Å². The van der Waals surface area contributed by atoms with Gasteiger partial charge in [-0.25, -0.2) is 13.2 Å². The number of amides is 1. The molecule has 25 heavy (non-hydrogen) atoms. The fourth-order valence-corrected chi connectivity index (χ4v) is 3.56. The number of ether oxygens (including phenoxy) is 1. The molecule has 0 heterocycles. The van der Waals surface area contributed by atoms with E-state index in [0.29, 0.717) is 16.5 Å². The Balaban J connectivity index is 1.83. The third-order valence-corrected chi connectivity index (χ3v) is 4.97. The average molecular weight is 376 g/mol. The first-order chi connectivity index (χ1) is 11.9. The van der Waals surface area contributed by atoms with Gasteiger partial charge in [-0.15, -0.1) is 0 Å². The Bertz CT molecular complexity index is 1020. The van der Waals surface area contributed by atoms with E-state index in [2.05, 4.69) is 5.32 Å². The van der Waals surface area contributed by atoms with E-state index in [1.54, 1.807) is 30.3 Å². The lowest BCUT2D eigenvalue weighted by Crippen LogP contribution is -2.13. The first kappa shape index (κ1) is 17.3. The van der Waals surface area contributed by atoms with Gasteiger partial charge < -0.3 is 4.74 Å². The van der Waals surface area contributed by atoms with Crippen LogP contribution in [-0.2, 0) is 20.4 Å². The van der Waals surface area contributed by atoms with Gasteiger partial charge in [0.2, 0.25) is 0 Å². The van der Waals surface area contributed by atoms with Gasteiger partial charge in [-0.05, 0) is 17.7 Å². The molecule has 128 valence electrons. The van der Waals surface area contributed by atoms with Crippen molar-refractivity contribution in [2.75, 3.05) is 5.32 Å². The van der Waals surface area contributed by atoms with Gasteiger partial charge in [0.1, 0.15) is 6.61 Å². The Hall–Kier alpha value is -2.57. The van der Waals surface area contributed by atoms with E-state index in [-0.39, 0.29) is 11.5 Å². The summed E-state index contributed by atoms with van der Waals surface area (Å²) in [5.41, 5.74) is 1.31. The molecule has 0 atom stereocenters. The highest BCUT2D eigenvalue weighted by molar-refractivity contribution is 8.14. The van der Waals surface area contributed by atoms with Crippen LogP contribution in [0.2, 0.25) is 0 Å². The van der Waals surface area contributed by atoms with Crippen molar-refractivity contribution in [1.82, 2.24) is 0 Å². The van der Waals surface area contributed by atoms with Crippen LogP contribution >= 0.6 is 10.7 Å². The summed E-state index contributed by atoms with van der Waals surface area (Å²) in [5.74, 6) is 0. The van der Waals surface area contributed by atoms with Gasteiger partial charge in [0, 0.05) is 21.5 Å². The number of halogens is 1. The summed E-state index contributed by atoms with van der Waals surface area (Å²) in [4.78, 5) is 12.0. The molecule has 0 saturated heterocycles. The van der Waals surface area contributed by atoms with Crippen LogP contribution in [0, 0.1) is 0 Å². The van der Waals surface area contributed by atoms with Crippen molar-refractivity contribution in [1.29, 1.82) is 0 Å². The van der Waals surface area contributed by atoms with Crippen LogP contribution in [0.25, 0.3) is 10.8 Å². The second-order valence-corrected chi connectivity index (χ2v) is 7.82. The van der Waals surface area contributed by atoms with Crippen LogP contribution in [0.4, 0.5) is 10.5 Å². The van der Waals surface area contributed by atoms with Crippen LogP contribution in [-0.4, -0.2) is 14.5 Å². The molecule has 0 aliphatic rings. The molecule has 3 aromatic carbocycles. The number of anilines is 1. The number of benzene rings is 3. The standard InChI is InChI=1S/C18H14ClNO4S/c19-25(22,23)17-11-5-8-14-15(17)9-4-10-16(14)20-18(21)24-12-13-6-2-1-3-7-13/h1-11H,12H2,(H,20,21). The molecule has 0 saturated carbocycles. The van der Waals surface area contributed by atoms with Crippen molar-refractivity contribution in [3.05, 3.63) is 72.3 Å². The summed E-state index contributed by atoms with van der Waals surface area (Å²) in [6.45, 7) is 0.138. The fourth-order valence-electron chi connectivity index (χ4n) is 2.47. The van der Waals surface area contributed by atoms with E-state index < -0.39 is 15.1 Å².